The average Bonchev–Trinajstić information content (AvgIpc) is 2.74. The van der Waals surface area contributed by atoms with Gasteiger partial charge in [-0.2, -0.15) is 11.8 Å². The summed E-state index contributed by atoms with van der Waals surface area (Å²) in [6.07, 6.45) is 2.24. The third kappa shape index (κ3) is 7.99. The lowest BCUT2D eigenvalue weighted by Crippen LogP contribution is -2.55. The highest BCUT2D eigenvalue weighted by Crippen LogP contribution is 2.19. The molecule has 1 aromatic carbocycles. The molecule has 1 aromatic rings. The van der Waals surface area contributed by atoms with Gasteiger partial charge < -0.3 is 20.7 Å². The zero-order chi connectivity index (χ0) is 24.4. The van der Waals surface area contributed by atoms with Crippen LogP contribution in [0.1, 0.15) is 43.1 Å². The number of benzene rings is 1. The highest BCUT2D eigenvalue weighted by molar-refractivity contribution is 7.98. The molecule has 0 radical (unpaired) electrons. The Labute approximate surface area is 192 Å². The third-order valence-corrected chi connectivity index (χ3v) is 5.23. The first-order valence-corrected chi connectivity index (χ1v) is 11.5. The van der Waals surface area contributed by atoms with Crippen LogP contribution in [0.15, 0.2) is 18.2 Å². The van der Waals surface area contributed by atoms with E-state index in [0.717, 1.165) is 5.56 Å². The van der Waals surface area contributed by atoms with E-state index < -0.39 is 35.7 Å². The quantitative estimate of drug-likeness (QED) is 0.257. The van der Waals surface area contributed by atoms with Gasteiger partial charge in [0.05, 0.1) is 18.4 Å². The molecule has 9 nitrogen and oxygen atoms in total. The number of ether oxygens (including phenoxy) is 1. The summed E-state index contributed by atoms with van der Waals surface area (Å²) in [6.45, 7) is 6.46. The SMILES string of the molecule is COC(=O)[C@H](CCSC)NC(=O)[C@@H](NC(=O)C(=O)c1cc(C)ccc1NC(C)=O)C(C)C. The maximum Gasteiger partial charge on any atom is 0.328 e. The number of hydrogen-bond donors (Lipinski definition) is 3. The lowest BCUT2D eigenvalue weighted by atomic mass is 10.0. The van der Waals surface area contributed by atoms with Crippen LogP contribution < -0.4 is 16.0 Å². The smallest absolute Gasteiger partial charge is 0.328 e. The zero-order valence-corrected chi connectivity index (χ0v) is 20.1. The summed E-state index contributed by atoms with van der Waals surface area (Å²) < 4.78 is 4.74. The number of aryl methyl sites for hydroxylation is 1. The third-order valence-electron chi connectivity index (χ3n) is 4.59. The number of Topliss-reactive ketones (excluding diaryl/α,β-unsaturated/α-hetero) is 1. The van der Waals surface area contributed by atoms with E-state index in [9.17, 15) is 24.0 Å². The van der Waals surface area contributed by atoms with Gasteiger partial charge >= 0.3 is 5.97 Å². The number of rotatable bonds is 11. The molecular formula is C22H31N3O6S. The van der Waals surface area contributed by atoms with Gasteiger partial charge in [0.25, 0.3) is 11.7 Å². The van der Waals surface area contributed by atoms with Crippen LogP contribution in [0.2, 0.25) is 0 Å². The fourth-order valence-electron chi connectivity index (χ4n) is 2.90. The number of hydrogen-bond acceptors (Lipinski definition) is 7. The first-order chi connectivity index (χ1) is 15.0. The number of methoxy groups -OCH3 is 1. The van der Waals surface area contributed by atoms with Crippen LogP contribution in [0, 0.1) is 12.8 Å². The lowest BCUT2D eigenvalue weighted by molar-refractivity contribution is -0.145. The molecule has 0 saturated heterocycles. The zero-order valence-electron chi connectivity index (χ0n) is 19.2. The predicted molar refractivity (Wildman–Crippen MR) is 124 cm³/mol. The summed E-state index contributed by atoms with van der Waals surface area (Å²) in [4.78, 5) is 61.8. The summed E-state index contributed by atoms with van der Waals surface area (Å²) in [7, 11) is 1.23. The normalized spacial score (nSPS) is 12.5. The van der Waals surface area contributed by atoms with E-state index in [0.29, 0.717) is 12.2 Å². The number of anilines is 1. The molecule has 3 N–H and O–H groups in total. The molecule has 0 aliphatic rings. The summed E-state index contributed by atoms with van der Waals surface area (Å²) >= 11 is 1.51. The number of thioether (sulfide) groups is 1. The molecule has 0 heterocycles. The summed E-state index contributed by atoms with van der Waals surface area (Å²) in [5.74, 6) is -3.19. The van der Waals surface area contributed by atoms with E-state index in [2.05, 4.69) is 16.0 Å². The number of nitrogens with one attached hydrogen (secondary N) is 3. The molecule has 0 aromatic heterocycles. The number of amides is 3. The second kappa shape index (κ2) is 12.8. The van der Waals surface area contributed by atoms with Gasteiger partial charge in [0.2, 0.25) is 11.8 Å². The van der Waals surface area contributed by atoms with Crippen molar-refractivity contribution in [1.82, 2.24) is 10.6 Å². The second-order valence-corrected chi connectivity index (χ2v) is 8.61. The van der Waals surface area contributed by atoms with E-state index in [1.165, 1.54) is 37.9 Å². The van der Waals surface area contributed by atoms with Crippen molar-refractivity contribution >= 4 is 46.9 Å². The van der Waals surface area contributed by atoms with E-state index in [4.69, 9.17) is 4.74 Å². The van der Waals surface area contributed by atoms with Gasteiger partial charge in [-0.15, -0.1) is 0 Å². The van der Waals surface area contributed by atoms with E-state index in [1.807, 2.05) is 6.26 Å². The van der Waals surface area contributed by atoms with E-state index in [1.54, 1.807) is 26.8 Å². The highest BCUT2D eigenvalue weighted by Gasteiger charge is 2.31. The van der Waals surface area contributed by atoms with E-state index in [-0.39, 0.29) is 23.1 Å². The van der Waals surface area contributed by atoms with E-state index >= 15 is 0 Å². The van der Waals surface area contributed by atoms with Gasteiger partial charge in [-0.3, -0.25) is 19.2 Å². The molecule has 0 unspecified atom stereocenters. The first-order valence-electron chi connectivity index (χ1n) is 10.1. The number of carbonyl (C=O) groups is 5. The molecule has 3 amide bonds. The second-order valence-electron chi connectivity index (χ2n) is 7.62. The van der Waals surface area contributed by atoms with Gasteiger partial charge in [-0.1, -0.05) is 25.5 Å². The van der Waals surface area contributed by atoms with Gasteiger partial charge in [0, 0.05) is 6.92 Å². The Hall–Kier alpha value is -2.88. The van der Waals surface area contributed by atoms with Crippen molar-refractivity contribution < 1.29 is 28.7 Å². The minimum atomic E-state index is -1.05. The molecule has 0 spiro atoms. The number of esters is 1. The minimum Gasteiger partial charge on any atom is -0.467 e. The molecule has 32 heavy (non-hydrogen) atoms. The molecule has 0 aliphatic carbocycles. The van der Waals surface area contributed by atoms with Crippen molar-refractivity contribution in [2.75, 3.05) is 24.4 Å². The Morgan fingerprint density at radius 2 is 1.75 bits per heavy atom. The van der Waals surface area contributed by atoms with Gasteiger partial charge in [-0.05, 0) is 43.4 Å². The molecule has 2 atom stereocenters. The predicted octanol–water partition coefficient (Wildman–Crippen LogP) is 1.69. The lowest BCUT2D eigenvalue weighted by Gasteiger charge is -2.24. The summed E-state index contributed by atoms with van der Waals surface area (Å²) in [6, 6.07) is 2.81. The van der Waals surface area contributed by atoms with Crippen molar-refractivity contribution in [3.05, 3.63) is 29.3 Å². The Kier molecular flexibility index (Phi) is 10.9. The summed E-state index contributed by atoms with van der Waals surface area (Å²) in [5, 5.41) is 7.59. The largest absolute Gasteiger partial charge is 0.467 e. The monoisotopic (exact) mass is 465 g/mol. The van der Waals surface area contributed by atoms with Crippen molar-refractivity contribution in [2.45, 2.75) is 46.2 Å². The fourth-order valence-corrected chi connectivity index (χ4v) is 3.37. The van der Waals surface area contributed by atoms with Crippen molar-refractivity contribution in [1.29, 1.82) is 0 Å². The maximum absolute atomic E-state index is 12.8. The van der Waals surface area contributed by atoms with Crippen LogP contribution in [-0.2, 0) is 23.9 Å². The molecule has 10 heteroatoms. The Bertz CT molecular complexity index is 871. The van der Waals surface area contributed by atoms with Crippen LogP contribution in [-0.4, -0.2) is 60.7 Å². The minimum absolute atomic E-state index is 0.0213. The maximum atomic E-state index is 12.8. The number of carbonyl (C=O) groups excluding carboxylic acids is 5. The average molecular weight is 466 g/mol. The Morgan fingerprint density at radius 1 is 1.09 bits per heavy atom. The van der Waals surface area contributed by atoms with Crippen molar-refractivity contribution in [2.24, 2.45) is 5.92 Å². The first kappa shape index (κ1) is 27.2. The van der Waals surface area contributed by atoms with Crippen LogP contribution in [0.4, 0.5) is 5.69 Å². The van der Waals surface area contributed by atoms with Crippen LogP contribution >= 0.6 is 11.8 Å². The highest BCUT2D eigenvalue weighted by atomic mass is 32.2. The Balaban J connectivity index is 3.05. The molecular weight excluding hydrogens is 434 g/mol. The molecule has 176 valence electrons. The Morgan fingerprint density at radius 3 is 2.28 bits per heavy atom. The van der Waals surface area contributed by atoms with Crippen molar-refractivity contribution in [3.63, 3.8) is 0 Å². The molecule has 1 rings (SSSR count). The molecule has 0 fully saturated rings. The van der Waals surface area contributed by atoms with Gasteiger partial charge in [0.15, 0.2) is 0 Å². The fraction of sp³-hybridized carbons (Fsp3) is 0.500. The van der Waals surface area contributed by atoms with Crippen LogP contribution in [0.5, 0.6) is 0 Å². The molecule has 0 saturated carbocycles. The number of ketones is 1. The molecule has 0 bridgehead atoms. The van der Waals surface area contributed by atoms with Gasteiger partial charge in [-0.25, -0.2) is 4.79 Å². The van der Waals surface area contributed by atoms with Crippen LogP contribution in [0.3, 0.4) is 0 Å². The summed E-state index contributed by atoms with van der Waals surface area (Å²) in [5.41, 5.74) is 0.952. The van der Waals surface area contributed by atoms with Gasteiger partial charge in [0.1, 0.15) is 12.1 Å². The standard InChI is InChI=1S/C22H31N3O6S/c1-12(2)18(20(28)24-17(9-10-32-6)22(30)31-5)25-21(29)19(27)15-11-13(3)7-8-16(15)23-14(4)26/h7-8,11-12,17-18H,9-10H2,1-6H3,(H,23,26)(H,24,28)(H,25,29)/t17-,18-/m0/s1. The van der Waals surface area contributed by atoms with Crippen LogP contribution in [0.25, 0.3) is 0 Å². The topological polar surface area (TPSA) is 131 Å². The van der Waals surface area contributed by atoms with Crippen molar-refractivity contribution in [3.8, 4) is 0 Å². The molecule has 0 aliphatic heterocycles.